The summed E-state index contributed by atoms with van der Waals surface area (Å²) in [6.45, 7) is 0. The van der Waals surface area contributed by atoms with Gasteiger partial charge in [-0.05, 0) is 70.9 Å². The summed E-state index contributed by atoms with van der Waals surface area (Å²) in [5.41, 5.74) is 4.55. The topological polar surface area (TPSA) is 70.9 Å². The Hall–Kier alpha value is -1.86. The van der Waals surface area contributed by atoms with Gasteiger partial charge in [-0.3, -0.25) is 4.79 Å². The third-order valence-corrected chi connectivity index (χ3v) is 5.71. The monoisotopic (exact) mass is 408 g/mol. The van der Waals surface area contributed by atoms with E-state index in [-0.39, 0.29) is 11.7 Å². The van der Waals surface area contributed by atoms with Crippen molar-refractivity contribution in [3.8, 4) is 11.5 Å². The van der Waals surface area contributed by atoms with E-state index in [9.17, 15) is 9.90 Å². The lowest BCUT2D eigenvalue weighted by atomic mass is 9.99. The van der Waals surface area contributed by atoms with Crippen LogP contribution in [-0.2, 0) is 12.8 Å². The third-order valence-electron chi connectivity index (χ3n) is 3.87. The number of nitrogens with zero attached hydrogens (tertiary/aromatic N) is 1. The van der Waals surface area contributed by atoms with Gasteiger partial charge >= 0.3 is 0 Å². The molecule has 0 atom stereocenters. The minimum atomic E-state index is -0.199. The predicted molar refractivity (Wildman–Crippen MR) is 98.4 cm³/mol. The van der Waals surface area contributed by atoms with Crippen molar-refractivity contribution in [2.24, 2.45) is 5.10 Å². The maximum atomic E-state index is 12.2. The lowest BCUT2D eigenvalue weighted by Crippen LogP contribution is -2.16. The summed E-state index contributed by atoms with van der Waals surface area (Å²) >= 11 is 4.80. The fourth-order valence-electron chi connectivity index (χ4n) is 2.65. The molecule has 1 heterocycles. The highest BCUT2D eigenvalue weighted by atomic mass is 79.9. The molecule has 2 aromatic rings. The minimum absolute atomic E-state index is 0.0304. The first-order chi connectivity index (χ1) is 11.6. The zero-order valence-electron chi connectivity index (χ0n) is 13.1. The molecule has 1 aromatic carbocycles. The number of phenolic OH excluding ortho intramolecular Hbond substituents is 1. The van der Waals surface area contributed by atoms with E-state index in [1.54, 1.807) is 23.5 Å². The summed E-state index contributed by atoms with van der Waals surface area (Å²) < 4.78 is 5.58. The number of ether oxygens (including phenoxy) is 1. The summed E-state index contributed by atoms with van der Waals surface area (Å²) in [5, 5.41) is 13.8. The van der Waals surface area contributed by atoms with Crippen molar-refractivity contribution in [3.63, 3.8) is 0 Å². The zero-order valence-corrected chi connectivity index (χ0v) is 15.5. The number of carbonyl (C=O) groups excluding carboxylic acids is 1. The van der Waals surface area contributed by atoms with E-state index < -0.39 is 0 Å². The number of rotatable bonds is 4. The third kappa shape index (κ3) is 3.62. The quantitative estimate of drug-likeness (QED) is 0.595. The van der Waals surface area contributed by atoms with Crippen molar-refractivity contribution in [3.05, 3.63) is 43.6 Å². The number of aromatic hydroxyl groups is 1. The number of carbonyl (C=O) groups is 1. The molecule has 1 aliphatic carbocycles. The van der Waals surface area contributed by atoms with Crippen LogP contribution >= 0.6 is 27.3 Å². The molecule has 0 saturated carbocycles. The van der Waals surface area contributed by atoms with Gasteiger partial charge in [-0.15, -0.1) is 11.3 Å². The summed E-state index contributed by atoms with van der Waals surface area (Å²) in [7, 11) is 1.47. The first-order valence-corrected chi connectivity index (χ1v) is 9.21. The number of halogens is 1. The molecule has 2 N–H and O–H groups in total. The van der Waals surface area contributed by atoms with Crippen LogP contribution in [0.2, 0.25) is 0 Å². The molecule has 0 saturated heterocycles. The number of methoxy groups -OCH3 is 1. The van der Waals surface area contributed by atoms with Gasteiger partial charge in [-0.2, -0.15) is 5.10 Å². The zero-order chi connectivity index (χ0) is 17.1. The van der Waals surface area contributed by atoms with Crippen molar-refractivity contribution in [1.29, 1.82) is 0 Å². The molecule has 5 nitrogen and oxygen atoms in total. The van der Waals surface area contributed by atoms with Gasteiger partial charge in [0.1, 0.15) is 0 Å². The molecule has 1 amide bonds. The second-order valence-corrected chi connectivity index (χ2v) is 7.51. The number of thiophene rings is 1. The van der Waals surface area contributed by atoms with Crippen LogP contribution in [0, 0.1) is 0 Å². The Balaban J connectivity index is 1.69. The molecule has 126 valence electrons. The number of nitrogens with one attached hydrogen (secondary N) is 1. The van der Waals surface area contributed by atoms with Gasteiger partial charge in [-0.25, -0.2) is 5.43 Å². The number of amides is 1. The average molecular weight is 409 g/mol. The molecule has 0 unspecified atom stereocenters. The molecule has 0 radical (unpaired) electrons. The smallest absolute Gasteiger partial charge is 0.281 e. The molecule has 0 fully saturated rings. The summed E-state index contributed by atoms with van der Waals surface area (Å²) in [5.74, 6) is 0.168. The highest BCUT2D eigenvalue weighted by Crippen LogP contribution is 2.34. The molecule has 1 aromatic heterocycles. The van der Waals surface area contributed by atoms with Crippen LogP contribution in [0.5, 0.6) is 11.5 Å². The number of hydrogen-bond acceptors (Lipinski definition) is 5. The molecule has 3 rings (SSSR count). The normalized spacial score (nSPS) is 13.8. The Labute approximate surface area is 152 Å². The molecule has 0 bridgehead atoms. The second-order valence-electron chi connectivity index (χ2n) is 5.52. The molecule has 0 aliphatic heterocycles. The molecule has 7 heteroatoms. The summed E-state index contributed by atoms with van der Waals surface area (Å²) in [6, 6.07) is 5.31. The lowest BCUT2D eigenvalue weighted by molar-refractivity contribution is 0.0959. The van der Waals surface area contributed by atoms with E-state index >= 15 is 0 Å². The van der Waals surface area contributed by atoms with E-state index in [2.05, 4.69) is 26.5 Å². The van der Waals surface area contributed by atoms with Gasteiger partial charge in [0.2, 0.25) is 0 Å². The van der Waals surface area contributed by atoms with Gasteiger partial charge in [0.15, 0.2) is 11.5 Å². The maximum Gasteiger partial charge on any atom is 0.281 e. The Bertz CT molecular complexity index is 778. The molecular weight excluding hydrogens is 392 g/mol. The highest BCUT2D eigenvalue weighted by molar-refractivity contribution is 9.10. The second kappa shape index (κ2) is 7.36. The largest absolute Gasteiger partial charge is 0.503 e. The van der Waals surface area contributed by atoms with Gasteiger partial charge in [0, 0.05) is 4.88 Å². The van der Waals surface area contributed by atoms with Crippen LogP contribution < -0.4 is 10.2 Å². The van der Waals surface area contributed by atoms with Crippen LogP contribution in [0.3, 0.4) is 0 Å². The molecular formula is C17H17BrN2O3S. The van der Waals surface area contributed by atoms with Gasteiger partial charge < -0.3 is 9.84 Å². The first kappa shape index (κ1) is 17.0. The number of aryl methyl sites for hydroxylation is 2. The van der Waals surface area contributed by atoms with E-state index in [4.69, 9.17) is 4.74 Å². The Morgan fingerprint density at radius 2 is 2.17 bits per heavy atom. The van der Waals surface area contributed by atoms with Crippen LogP contribution in [0.15, 0.2) is 27.8 Å². The SMILES string of the molecule is COc1cc(/C=N/NC(=O)c2cc3c(s2)CCCC3)cc(Br)c1O. The number of hydrogen-bond donors (Lipinski definition) is 2. The Kier molecular flexibility index (Phi) is 5.20. The van der Waals surface area contributed by atoms with Gasteiger partial charge in [0.25, 0.3) is 5.91 Å². The summed E-state index contributed by atoms with van der Waals surface area (Å²) in [6.07, 6.45) is 6.03. The Morgan fingerprint density at radius 3 is 2.92 bits per heavy atom. The maximum absolute atomic E-state index is 12.2. The fourth-order valence-corrected chi connectivity index (χ4v) is 4.25. The van der Waals surface area contributed by atoms with E-state index in [0.717, 1.165) is 12.8 Å². The molecule has 24 heavy (non-hydrogen) atoms. The highest BCUT2D eigenvalue weighted by Gasteiger charge is 2.16. The number of phenols is 1. The number of hydrazone groups is 1. The number of fused-ring (bicyclic) bond motifs is 1. The first-order valence-electron chi connectivity index (χ1n) is 7.60. The minimum Gasteiger partial charge on any atom is -0.503 e. The van der Waals surface area contributed by atoms with E-state index in [0.29, 0.717) is 20.7 Å². The van der Waals surface area contributed by atoms with Crippen LogP contribution in [-0.4, -0.2) is 24.3 Å². The summed E-state index contributed by atoms with van der Waals surface area (Å²) in [4.78, 5) is 14.2. The van der Waals surface area contributed by atoms with Crippen LogP contribution in [0.25, 0.3) is 0 Å². The predicted octanol–water partition coefficient (Wildman–Crippen LogP) is 3.87. The Morgan fingerprint density at radius 1 is 1.38 bits per heavy atom. The molecule has 0 spiro atoms. The van der Waals surface area contributed by atoms with Crippen molar-refractivity contribution >= 4 is 39.4 Å². The van der Waals surface area contributed by atoms with Crippen molar-refractivity contribution in [2.75, 3.05) is 7.11 Å². The van der Waals surface area contributed by atoms with Gasteiger partial charge in [-0.1, -0.05) is 0 Å². The van der Waals surface area contributed by atoms with E-state index in [1.807, 2.05) is 6.07 Å². The van der Waals surface area contributed by atoms with Crippen LogP contribution in [0.1, 0.15) is 38.5 Å². The molecule has 1 aliphatic rings. The standard InChI is InChI=1S/C17H17BrN2O3S/c1-23-13-7-10(6-12(18)16(13)21)9-19-20-17(22)15-8-11-4-2-3-5-14(11)24-15/h6-9,21H,2-5H2,1H3,(H,20,22)/b19-9+. The number of benzene rings is 1. The lowest BCUT2D eigenvalue weighted by Gasteiger charge is -2.08. The van der Waals surface area contributed by atoms with E-state index in [1.165, 1.54) is 36.6 Å². The van der Waals surface area contributed by atoms with Crippen molar-refractivity contribution in [2.45, 2.75) is 25.7 Å². The van der Waals surface area contributed by atoms with Gasteiger partial charge in [0.05, 0.1) is 22.7 Å². The van der Waals surface area contributed by atoms with Crippen molar-refractivity contribution in [1.82, 2.24) is 5.43 Å². The fraction of sp³-hybridized carbons (Fsp3) is 0.294. The van der Waals surface area contributed by atoms with Crippen LogP contribution in [0.4, 0.5) is 0 Å². The average Bonchev–Trinajstić information content (AvgIpc) is 3.02. The van der Waals surface area contributed by atoms with Crippen molar-refractivity contribution < 1.29 is 14.6 Å².